The highest BCUT2D eigenvalue weighted by atomic mass is 35.5. The summed E-state index contributed by atoms with van der Waals surface area (Å²) < 4.78 is 11.9. The van der Waals surface area contributed by atoms with Crippen molar-refractivity contribution in [1.82, 2.24) is 0 Å². The second kappa shape index (κ2) is 7.38. The topological polar surface area (TPSA) is 61.8 Å². The molecule has 0 unspecified atom stereocenters. The van der Waals surface area contributed by atoms with Crippen molar-refractivity contribution in [1.29, 1.82) is 0 Å². The zero-order valence-corrected chi connectivity index (χ0v) is 12.6. The van der Waals surface area contributed by atoms with Gasteiger partial charge < -0.3 is 14.2 Å². The Morgan fingerprint density at radius 2 is 1.33 bits per heavy atom. The van der Waals surface area contributed by atoms with Crippen LogP contribution in [0.15, 0.2) is 0 Å². The van der Waals surface area contributed by atoms with Gasteiger partial charge >= 0.3 is 11.9 Å². The third kappa shape index (κ3) is 3.63. The van der Waals surface area contributed by atoms with Crippen molar-refractivity contribution in [2.75, 3.05) is 19.8 Å². The zero-order valence-electron chi connectivity index (χ0n) is 10.3. The summed E-state index contributed by atoms with van der Waals surface area (Å²) in [5.74, 6) is -2.13. The number of carbonyl (C=O) groups is 2. The van der Waals surface area contributed by atoms with Gasteiger partial charge in [0.15, 0.2) is 0 Å². The standard InChI is InChI=1S/C10H15Cl3O5/c1-4-16-7(14)9(11,12)10(13,18-6-3)8(15)17-5-2/h4-6H2,1-3H3/t10-/m0/s1. The Balaban J connectivity index is 5.30. The molecule has 18 heavy (non-hydrogen) atoms. The highest BCUT2D eigenvalue weighted by Crippen LogP contribution is 2.42. The molecule has 0 saturated carbocycles. The summed E-state index contributed by atoms with van der Waals surface area (Å²) >= 11 is 17.6. The molecule has 0 aromatic rings. The average Bonchev–Trinajstić information content (AvgIpc) is 2.29. The van der Waals surface area contributed by atoms with Crippen LogP contribution < -0.4 is 0 Å². The van der Waals surface area contributed by atoms with E-state index in [-0.39, 0.29) is 19.8 Å². The molecular formula is C10H15Cl3O5. The molecule has 0 fully saturated rings. The van der Waals surface area contributed by atoms with Crippen LogP contribution in [0.1, 0.15) is 20.8 Å². The lowest BCUT2D eigenvalue weighted by molar-refractivity contribution is -0.169. The Hall–Kier alpha value is -0.230. The summed E-state index contributed by atoms with van der Waals surface area (Å²) in [5.41, 5.74) is 0. The molecule has 0 rings (SSSR count). The SMILES string of the molecule is CCOC(=O)C(Cl)(Cl)[C@@](Cl)(OCC)C(=O)OCC. The maximum atomic E-state index is 11.8. The Labute approximate surface area is 121 Å². The Bertz CT molecular complexity index is 308. The number of halogens is 3. The van der Waals surface area contributed by atoms with Gasteiger partial charge in [0, 0.05) is 6.61 Å². The smallest absolute Gasteiger partial charge is 0.358 e. The normalized spacial score (nSPS) is 14.8. The van der Waals surface area contributed by atoms with E-state index in [4.69, 9.17) is 44.3 Å². The number of carbonyl (C=O) groups excluding carboxylic acids is 2. The molecule has 0 heterocycles. The van der Waals surface area contributed by atoms with Crippen molar-refractivity contribution in [3.63, 3.8) is 0 Å². The number of ether oxygens (including phenoxy) is 3. The summed E-state index contributed by atoms with van der Waals surface area (Å²) in [4.78, 5) is 23.4. The van der Waals surface area contributed by atoms with E-state index in [1.807, 2.05) is 0 Å². The fourth-order valence-corrected chi connectivity index (χ4v) is 1.67. The summed E-state index contributed by atoms with van der Waals surface area (Å²) in [5, 5.41) is -2.35. The van der Waals surface area contributed by atoms with E-state index in [1.54, 1.807) is 20.8 Å². The molecular weight excluding hydrogens is 306 g/mol. The van der Waals surface area contributed by atoms with E-state index in [0.717, 1.165) is 0 Å². The van der Waals surface area contributed by atoms with Crippen molar-refractivity contribution in [2.24, 2.45) is 0 Å². The van der Waals surface area contributed by atoms with Gasteiger partial charge in [0.1, 0.15) is 0 Å². The van der Waals surface area contributed by atoms with Crippen molar-refractivity contribution < 1.29 is 23.8 Å². The fraction of sp³-hybridized carbons (Fsp3) is 0.800. The van der Waals surface area contributed by atoms with Crippen LogP contribution in [0.4, 0.5) is 0 Å². The molecule has 0 aromatic carbocycles. The van der Waals surface area contributed by atoms with Gasteiger partial charge in [-0.05, 0) is 20.8 Å². The van der Waals surface area contributed by atoms with E-state index in [2.05, 4.69) is 4.74 Å². The second-order valence-corrected chi connectivity index (χ2v) is 4.90. The Morgan fingerprint density at radius 1 is 0.889 bits per heavy atom. The van der Waals surface area contributed by atoms with Crippen LogP contribution in [0.2, 0.25) is 0 Å². The van der Waals surface area contributed by atoms with E-state index in [1.165, 1.54) is 0 Å². The first-order valence-electron chi connectivity index (χ1n) is 5.32. The first-order chi connectivity index (χ1) is 8.27. The van der Waals surface area contributed by atoms with Crippen LogP contribution in [0.5, 0.6) is 0 Å². The highest BCUT2D eigenvalue weighted by molar-refractivity contribution is 6.64. The van der Waals surface area contributed by atoms with Gasteiger partial charge in [-0.1, -0.05) is 34.8 Å². The lowest BCUT2D eigenvalue weighted by Crippen LogP contribution is -2.56. The highest BCUT2D eigenvalue weighted by Gasteiger charge is 2.62. The van der Waals surface area contributed by atoms with E-state index < -0.39 is 21.3 Å². The first kappa shape index (κ1) is 17.8. The molecule has 0 aliphatic heterocycles. The van der Waals surface area contributed by atoms with Gasteiger partial charge in [0.05, 0.1) is 13.2 Å². The van der Waals surface area contributed by atoms with E-state index in [0.29, 0.717) is 0 Å². The molecule has 0 aliphatic rings. The fourth-order valence-electron chi connectivity index (χ4n) is 1.05. The van der Waals surface area contributed by atoms with Gasteiger partial charge in [0.25, 0.3) is 9.39 Å². The molecule has 5 nitrogen and oxygen atoms in total. The number of hydrogen-bond donors (Lipinski definition) is 0. The van der Waals surface area contributed by atoms with E-state index in [9.17, 15) is 9.59 Å². The molecule has 0 N–H and O–H groups in total. The Morgan fingerprint density at radius 3 is 1.72 bits per heavy atom. The number of hydrogen-bond acceptors (Lipinski definition) is 5. The quantitative estimate of drug-likeness (QED) is 0.531. The lowest BCUT2D eigenvalue weighted by atomic mass is 10.2. The summed E-state index contributed by atoms with van der Waals surface area (Å²) in [6.45, 7) is 4.75. The van der Waals surface area contributed by atoms with Crippen molar-refractivity contribution in [3.8, 4) is 0 Å². The number of alkyl halides is 3. The molecule has 0 radical (unpaired) electrons. The van der Waals surface area contributed by atoms with Crippen molar-refractivity contribution in [2.45, 2.75) is 30.2 Å². The minimum atomic E-state index is -2.41. The largest absolute Gasteiger partial charge is 0.464 e. The molecule has 0 aromatic heterocycles. The van der Waals surface area contributed by atoms with Crippen molar-refractivity contribution >= 4 is 46.7 Å². The number of esters is 2. The summed E-state index contributed by atoms with van der Waals surface area (Å²) in [6.07, 6.45) is 0. The van der Waals surface area contributed by atoms with Crippen LogP contribution in [-0.4, -0.2) is 41.2 Å². The molecule has 0 saturated heterocycles. The van der Waals surface area contributed by atoms with Gasteiger partial charge in [-0.2, -0.15) is 0 Å². The zero-order chi connectivity index (χ0) is 14.4. The molecule has 106 valence electrons. The van der Waals surface area contributed by atoms with E-state index >= 15 is 0 Å². The minimum absolute atomic E-state index is 0.00289. The minimum Gasteiger partial charge on any atom is -0.464 e. The summed E-state index contributed by atoms with van der Waals surface area (Å²) in [7, 11) is 0. The molecule has 0 spiro atoms. The Kier molecular flexibility index (Phi) is 7.29. The lowest BCUT2D eigenvalue weighted by Gasteiger charge is -2.33. The monoisotopic (exact) mass is 320 g/mol. The maximum absolute atomic E-state index is 11.8. The van der Waals surface area contributed by atoms with Crippen LogP contribution in [0, 0.1) is 0 Å². The maximum Gasteiger partial charge on any atom is 0.358 e. The van der Waals surface area contributed by atoms with Gasteiger partial charge in [-0.3, -0.25) is 0 Å². The molecule has 1 atom stereocenters. The molecule has 0 bridgehead atoms. The van der Waals surface area contributed by atoms with Crippen LogP contribution >= 0.6 is 34.8 Å². The molecule has 0 aliphatic carbocycles. The van der Waals surface area contributed by atoms with Crippen LogP contribution in [0.25, 0.3) is 0 Å². The third-order valence-corrected chi connectivity index (χ3v) is 3.40. The van der Waals surface area contributed by atoms with Gasteiger partial charge in [0.2, 0.25) is 0 Å². The first-order valence-corrected chi connectivity index (χ1v) is 6.46. The van der Waals surface area contributed by atoms with Gasteiger partial charge in [-0.25, -0.2) is 9.59 Å². The van der Waals surface area contributed by atoms with Gasteiger partial charge in [-0.15, -0.1) is 0 Å². The number of rotatable bonds is 7. The van der Waals surface area contributed by atoms with Crippen LogP contribution in [0.3, 0.4) is 0 Å². The average molecular weight is 322 g/mol. The predicted octanol–water partition coefficient (Wildman–Crippen LogP) is 2.26. The molecule has 8 heteroatoms. The van der Waals surface area contributed by atoms with Crippen molar-refractivity contribution in [3.05, 3.63) is 0 Å². The third-order valence-electron chi connectivity index (χ3n) is 1.82. The predicted molar refractivity (Wildman–Crippen MR) is 67.9 cm³/mol. The van der Waals surface area contributed by atoms with Crippen LogP contribution in [-0.2, 0) is 23.8 Å². The summed E-state index contributed by atoms with van der Waals surface area (Å²) in [6, 6.07) is 0. The molecule has 0 amide bonds. The second-order valence-electron chi connectivity index (χ2n) is 3.04.